The Bertz CT molecular complexity index is 1310. The number of nitrogens with one attached hydrogen (secondary N) is 1. The molecule has 0 atom stereocenters. The standard InChI is InChI=1S/C35H50N4O4/c1-3-4-5-6-12-15-26-42-32-21-17-30(18-22-32)37-38-31-19-23-33(24-20-31)43-27-16-13-10-8-7-9-11-14-25-39-28-29(2)34(40)36-35(39)41/h17-24,28H,3-16,25-27H2,1-2H3,(H,36,40,41). The van der Waals surface area contributed by atoms with E-state index < -0.39 is 0 Å². The van der Waals surface area contributed by atoms with Gasteiger partial charge in [-0.25, -0.2) is 4.79 Å². The lowest BCUT2D eigenvalue weighted by atomic mass is 10.1. The van der Waals surface area contributed by atoms with Crippen LogP contribution in [0.1, 0.15) is 102 Å². The third kappa shape index (κ3) is 13.9. The second kappa shape index (κ2) is 20.3. The molecular formula is C35H50N4O4. The summed E-state index contributed by atoms with van der Waals surface area (Å²) in [5.41, 5.74) is 1.54. The Labute approximate surface area is 256 Å². The van der Waals surface area contributed by atoms with Crippen molar-refractivity contribution in [3.63, 3.8) is 0 Å². The molecule has 0 amide bonds. The van der Waals surface area contributed by atoms with Crippen molar-refractivity contribution in [2.75, 3.05) is 13.2 Å². The van der Waals surface area contributed by atoms with Crippen LogP contribution in [0.4, 0.5) is 11.4 Å². The smallest absolute Gasteiger partial charge is 0.328 e. The number of nitrogens with zero attached hydrogens (tertiary/aromatic N) is 3. The third-order valence-corrected chi connectivity index (χ3v) is 7.47. The van der Waals surface area contributed by atoms with Crippen LogP contribution in [-0.4, -0.2) is 22.8 Å². The molecule has 2 aromatic carbocycles. The Morgan fingerprint density at radius 2 is 1.07 bits per heavy atom. The van der Waals surface area contributed by atoms with Gasteiger partial charge in [0.25, 0.3) is 5.56 Å². The minimum atomic E-state index is -0.319. The molecule has 1 aromatic heterocycles. The first-order valence-corrected chi connectivity index (χ1v) is 16.2. The largest absolute Gasteiger partial charge is 0.494 e. The van der Waals surface area contributed by atoms with E-state index in [1.54, 1.807) is 17.7 Å². The van der Waals surface area contributed by atoms with Crippen LogP contribution in [0.3, 0.4) is 0 Å². The summed E-state index contributed by atoms with van der Waals surface area (Å²) in [6, 6.07) is 15.5. The Hall–Kier alpha value is -3.68. The predicted molar refractivity (Wildman–Crippen MR) is 174 cm³/mol. The number of ether oxygens (including phenoxy) is 2. The highest BCUT2D eigenvalue weighted by Gasteiger charge is 2.01. The van der Waals surface area contributed by atoms with Gasteiger partial charge in [-0.15, -0.1) is 0 Å². The quantitative estimate of drug-likeness (QED) is 0.0931. The number of hydrogen-bond acceptors (Lipinski definition) is 6. The van der Waals surface area contributed by atoms with E-state index in [4.69, 9.17) is 9.47 Å². The average Bonchev–Trinajstić information content (AvgIpc) is 3.02. The van der Waals surface area contributed by atoms with Crippen molar-refractivity contribution in [1.29, 1.82) is 0 Å². The molecule has 1 N–H and O–H groups in total. The summed E-state index contributed by atoms with van der Waals surface area (Å²) in [5.74, 6) is 1.72. The van der Waals surface area contributed by atoms with Crippen molar-refractivity contribution < 1.29 is 9.47 Å². The van der Waals surface area contributed by atoms with Crippen molar-refractivity contribution in [2.45, 2.75) is 110 Å². The first-order valence-electron chi connectivity index (χ1n) is 16.2. The monoisotopic (exact) mass is 590 g/mol. The molecule has 0 fully saturated rings. The molecule has 0 aliphatic rings. The van der Waals surface area contributed by atoms with Crippen LogP contribution in [0.5, 0.6) is 11.5 Å². The van der Waals surface area contributed by atoms with E-state index in [1.165, 1.54) is 51.4 Å². The molecule has 0 radical (unpaired) electrons. The highest BCUT2D eigenvalue weighted by atomic mass is 16.5. The van der Waals surface area contributed by atoms with Crippen molar-refractivity contribution in [2.24, 2.45) is 10.2 Å². The number of aromatic amines is 1. The maximum atomic E-state index is 11.8. The normalized spacial score (nSPS) is 11.3. The number of benzene rings is 2. The predicted octanol–water partition coefficient (Wildman–Crippen LogP) is 9.20. The first kappa shape index (κ1) is 33.8. The minimum Gasteiger partial charge on any atom is -0.494 e. The number of H-pyrrole nitrogens is 1. The molecule has 0 saturated heterocycles. The second-order valence-corrected chi connectivity index (χ2v) is 11.2. The Morgan fingerprint density at radius 3 is 1.56 bits per heavy atom. The van der Waals surface area contributed by atoms with Gasteiger partial charge in [0.15, 0.2) is 0 Å². The lowest BCUT2D eigenvalue weighted by molar-refractivity contribution is 0.304. The number of aromatic nitrogens is 2. The minimum absolute atomic E-state index is 0.301. The lowest BCUT2D eigenvalue weighted by Gasteiger charge is -2.07. The maximum Gasteiger partial charge on any atom is 0.328 e. The Morgan fingerprint density at radius 1 is 0.628 bits per heavy atom. The van der Waals surface area contributed by atoms with Crippen LogP contribution in [-0.2, 0) is 6.54 Å². The molecule has 43 heavy (non-hydrogen) atoms. The second-order valence-electron chi connectivity index (χ2n) is 11.2. The zero-order valence-electron chi connectivity index (χ0n) is 26.2. The molecule has 0 unspecified atom stereocenters. The van der Waals surface area contributed by atoms with E-state index in [9.17, 15) is 9.59 Å². The summed E-state index contributed by atoms with van der Waals surface area (Å²) in [5, 5.41) is 8.68. The van der Waals surface area contributed by atoms with Crippen LogP contribution in [0.25, 0.3) is 0 Å². The molecule has 3 rings (SSSR count). The lowest BCUT2D eigenvalue weighted by Crippen LogP contribution is -2.30. The molecule has 234 valence electrons. The van der Waals surface area contributed by atoms with Gasteiger partial charge in [-0.05, 0) is 74.7 Å². The van der Waals surface area contributed by atoms with Crippen molar-refractivity contribution in [3.05, 3.63) is 81.1 Å². The topological polar surface area (TPSA) is 98.0 Å². The number of aryl methyl sites for hydroxylation is 2. The number of unbranched alkanes of at least 4 members (excludes halogenated alkanes) is 12. The molecule has 0 saturated carbocycles. The highest BCUT2D eigenvalue weighted by Crippen LogP contribution is 2.23. The molecular weight excluding hydrogens is 540 g/mol. The van der Waals surface area contributed by atoms with E-state index >= 15 is 0 Å². The van der Waals surface area contributed by atoms with Gasteiger partial charge in [0, 0.05) is 18.3 Å². The van der Waals surface area contributed by atoms with Crippen LogP contribution >= 0.6 is 0 Å². The zero-order valence-corrected chi connectivity index (χ0v) is 26.2. The van der Waals surface area contributed by atoms with Crippen LogP contribution < -0.4 is 20.7 Å². The van der Waals surface area contributed by atoms with E-state index in [1.807, 2.05) is 48.5 Å². The van der Waals surface area contributed by atoms with Crippen molar-refractivity contribution >= 4 is 11.4 Å². The van der Waals surface area contributed by atoms with E-state index in [0.717, 1.165) is 68.0 Å². The molecule has 3 aromatic rings. The van der Waals surface area contributed by atoms with Gasteiger partial charge in [-0.3, -0.25) is 9.78 Å². The first-order chi connectivity index (χ1) is 21.0. The third-order valence-electron chi connectivity index (χ3n) is 7.47. The molecule has 0 bridgehead atoms. The summed E-state index contributed by atoms with van der Waals surface area (Å²) >= 11 is 0. The molecule has 1 heterocycles. The Kier molecular flexibility index (Phi) is 15.9. The average molecular weight is 591 g/mol. The van der Waals surface area contributed by atoms with Gasteiger partial charge in [0.05, 0.1) is 24.6 Å². The van der Waals surface area contributed by atoms with E-state index in [0.29, 0.717) is 18.7 Å². The SMILES string of the molecule is CCCCCCCCOc1ccc(N=Nc2ccc(OCCCCCCCCCCn3cc(C)c(=O)[nH]c3=O)cc2)cc1. The summed E-state index contributed by atoms with van der Waals surface area (Å²) < 4.78 is 13.3. The van der Waals surface area contributed by atoms with Crippen molar-refractivity contribution in [1.82, 2.24) is 9.55 Å². The summed E-state index contributed by atoms with van der Waals surface area (Å²) in [4.78, 5) is 25.6. The number of rotatable bonds is 22. The van der Waals surface area contributed by atoms with Gasteiger partial charge in [0.2, 0.25) is 0 Å². The Balaban J connectivity index is 1.19. The number of hydrogen-bond donors (Lipinski definition) is 1. The fourth-order valence-electron chi connectivity index (χ4n) is 4.83. The molecule has 0 aliphatic carbocycles. The van der Waals surface area contributed by atoms with Crippen molar-refractivity contribution in [3.8, 4) is 11.5 Å². The summed E-state index contributed by atoms with van der Waals surface area (Å²) in [6.45, 7) is 6.08. The highest BCUT2D eigenvalue weighted by molar-refractivity contribution is 5.44. The van der Waals surface area contributed by atoms with Crippen LogP contribution in [0.15, 0.2) is 74.5 Å². The van der Waals surface area contributed by atoms with Gasteiger partial charge >= 0.3 is 5.69 Å². The molecule has 8 heteroatoms. The van der Waals surface area contributed by atoms with Crippen LogP contribution in [0, 0.1) is 6.92 Å². The van der Waals surface area contributed by atoms with Gasteiger partial charge < -0.3 is 14.0 Å². The molecule has 8 nitrogen and oxygen atoms in total. The van der Waals surface area contributed by atoms with Crippen LogP contribution in [0.2, 0.25) is 0 Å². The number of azo groups is 1. The van der Waals surface area contributed by atoms with E-state index in [-0.39, 0.29) is 11.2 Å². The van der Waals surface area contributed by atoms with Gasteiger partial charge in [-0.1, -0.05) is 77.6 Å². The summed E-state index contributed by atoms with van der Waals surface area (Å²) in [7, 11) is 0. The molecule has 0 aliphatic heterocycles. The fourth-order valence-corrected chi connectivity index (χ4v) is 4.83. The maximum absolute atomic E-state index is 11.8. The van der Waals surface area contributed by atoms with Gasteiger partial charge in [-0.2, -0.15) is 10.2 Å². The van der Waals surface area contributed by atoms with E-state index in [2.05, 4.69) is 22.1 Å². The van der Waals surface area contributed by atoms with Gasteiger partial charge in [0.1, 0.15) is 11.5 Å². The fraction of sp³-hybridized carbons (Fsp3) is 0.543. The molecule has 0 spiro atoms. The zero-order chi connectivity index (χ0) is 30.5. The summed E-state index contributed by atoms with van der Waals surface area (Å²) in [6.07, 6.45) is 18.2.